The molecule has 1 aromatic carbocycles. The first-order valence-corrected chi connectivity index (χ1v) is 11.6. The van der Waals surface area contributed by atoms with Crippen LogP contribution in [0, 0.1) is 29.1 Å². The highest BCUT2D eigenvalue weighted by molar-refractivity contribution is 6.02. The van der Waals surface area contributed by atoms with Gasteiger partial charge in [-0.2, -0.15) is 5.26 Å². The van der Waals surface area contributed by atoms with Crippen molar-refractivity contribution < 1.29 is 24.2 Å². The van der Waals surface area contributed by atoms with E-state index in [0.29, 0.717) is 30.8 Å². The number of nitriles is 1. The van der Waals surface area contributed by atoms with E-state index in [9.17, 15) is 24.8 Å². The van der Waals surface area contributed by atoms with Crippen molar-refractivity contribution in [3.8, 4) is 11.8 Å². The molecule has 0 radical (unpaired) electrons. The quantitative estimate of drug-likeness (QED) is 0.294. The summed E-state index contributed by atoms with van der Waals surface area (Å²) in [5.41, 5.74) is 1.15. The second-order valence-electron chi connectivity index (χ2n) is 9.26. The highest BCUT2D eigenvalue weighted by Crippen LogP contribution is 2.28. The number of aromatic amines is 1. The molecule has 1 saturated heterocycles. The lowest BCUT2D eigenvalue weighted by atomic mass is 9.89. The maximum absolute atomic E-state index is 13.2. The monoisotopic (exact) mass is 468 g/mol. The van der Waals surface area contributed by atoms with Gasteiger partial charge in [-0.25, -0.2) is 0 Å². The van der Waals surface area contributed by atoms with Crippen LogP contribution in [0.2, 0.25) is 0 Å². The highest BCUT2D eigenvalue weighted by atomic mass is 16.5. The van der Waals surface area contributed by atoms with Crippen molar-refractivity contribution in [3.63, 3.8) is 0 Å². The van der Waals surface area contributed by atoms with Gasteiger partial charge in [-0.1, -0.05) is 19.9 Å². The molecule has 9 nitrogen and oxygen atoms in total. The van der Waals surface area contributed by atoms with Crippen LogP contribution >= 0.6 is 0 Å². The van der Waals surface area contributed by atoms with Crippen molar-refractivity contribution in [3.05, 3.63) is 30.0 Å². The summed E-state index contributed by atoms with van der Waals surface area (Å²) in [6.07, 6.45) is -0.273. The standard InChI is InChI=1S/C25H32N4O5/c1-14(2)9-16(11-21(30)20-12-17-18(28-20)5-4-6-23(17)34-3)25(33)29-19(22(31)13-26)10-15-7-8-27-24(15)32/h4-6,12,14-16,19,22,28,31H,7-11H2,1-3H3,(H,27,32)(H,29,33)/t15-,16+,19-,22?/m0/s1. The number of Topliss-reactive ketones (excluding diaryl/α,β-unsaturated/α-hetero) is 1. The van der Waals surface area contributed by atoms with E-state index in [1.165, 1.54) is 0 Å². The van der Waals surface area contributed by atoms with Gasteiger partial charge in [0.25, 0.3) is 0 Å². The summed E-state index contributed by atoms with van der Waals surface area (Å²) >= 11 is 0. The first kappa shape index (κ1) is 25.2. The molecule has 2 amide bonds. The zero-order valence-electron chi connectivity index (χ0n) is 19.8. The molecule has 2 aromatic rings. The number of carbonyl (C=O) groups is 3. The fraction of sp³-hybridized carbons (Fsp3) is 0.520. The third-order valence-corrected chi connectivity index (χ3v) is 6.25. The van der Waals surface area contributed by atoms with Gasteiger partial charge in [-0.15, -0.1) is 0 Å². The van der Waals surface area contributed by atoms with Gasteiger partial charge in [0.05, 0.1) is 24.9 Å². The number of benzene rings is 1. The van der Waals surface area contributed by atoms with Crippen LogP contribution in [0.3, 0.4) is 0 Å². The zero-order chi connectivity index (χ0) is 24.8. The van der Waals surface area contributed by atoms with Gasteiger partial charge in [0.15, 0.2) is 11.9 Å². The van der Waals surface area contributed by atoms with Gasteiger partial charge in [-0.05, 0) is 43.4 Å². The second-order valence-corrected chi connectivity index (χ2v) is 9.26. The van der Waals surface area contributed by atoms with Crippen LogP contribution in [0.1, 0.15) is 50.0 Å². The van der Waals surface area contributed by atoms with Crippen molar-refractivity contribution in [1.29, 1.82) is 5.26 Å². The number of amides is 2. The molecule has 0 spiro atoms. The van der Waals surface area contributed by atoms with Crippen molar-refractivity contribution in [1.82, 2.24) is 15.6 Å². The number of nitrogens with one attached hydrogen (secondary N) is 3. The second kappa shape index (κ2) is 11.2. The largest absolute Gasteiger partial charge is 0.496 e. The van der Waals surface area contributed by atoms with Crippen molar-refractivity contribution in [2.75, 3.05) is 13.7 Å². The molecule has 9 heteroatoms. The number of aliphatic hydroxyl groups excluding tert-OH is 1. The topological polar surface area (TPSA) is 144 Å². The van der Waals surface area contributed by atoms with Crippen LogP contribution in [0.5, 0.6) is 5.75 Å². The van der Waals surface area contributed by atoms with Gasteiger partial charge in [-0.3, -0.25) is 14.4 Å². The molecular formula is C25H32N4O5. The molecule has 34 heavy (non-hydrogen) atoms. The molecule has 1 aliphatic heterocycles. The van der Waals surface area contributed by atoms with Gasteiger partial charge in [0.1, 0.15) is 5.75 Å². The Morgan fingerprint density at radius 3 is 2.74 bits per heavy atom. The molecule has 0 bridgehead atoms. The third-order valence-electron chi connectivity index (χ3n) is 6.25. The number of ketones is 1. The average molecular weight is 469 g/mol. The summed E-state index contributed by atoms with van der Waals surface area (Å²) in [6.45, 7) is 4.46. The fourth-order valence-corrected chi connectivity index (χ4v) is 4.48. The number of nitrogens with zero attached hydrogens (tertiary/aromatic N) is 1. The lowest BCUT2D eigenvalue weighted by Crippen LogP contribution is -2.47. The molecule has 1 aromatic heterocycles. The van der Waals surface area contributed by atoms with Crippen LogP contribution < -0.4 is 15.4 Å². The number of aromatic nitrogens is 1. The van der Waals surface area contributed by atoms with E-state index in [4.69, 9.17) is 4.74 Å². The summed E-state index contributed by atoms with van der Waals surface area (Å²) in [7, 11) is 1.56. The number of hydrogen-bond acceptors (Lipinski definition) is 6. The summed E-state index contributed by atoms with van der Waals surface area (Å²) in [5.74, 6) is -1.00. The molecule has 182 valence electrons. The summed E-state index contributed by atoms with van der Waals surface area (Å²) < 4.78 is 5.36. The van der Waals surface area contributed by atoms with Crippen LogP contribution in [0.15, 0.2) is 24.3 Å². The predicted octanol–water partition coefficient (Wildman–Crippen LogP) is 2.31. The number of hydrogen-bond donors (Lipinski definition) is 4. The number of rotatable bonds is 11. The Balaban J connectivity index is 1.75. The Bertz CT molecular complexity index is 1090. The molecule has 4 atom stereocenters. The lowest BCUT2D eigenvalue weighted by molar-refractivity contribution is -0.128. The molecule has 2 heterocycles. The minimum atomic E-state index is -1.45. The average Bonchev–Trinajstić information content (AvgIpc) is 3.43. The van der Waals surface area contributed by atoms with E-state index in [-0.39, 0.29) is 36.4 Å². The number of carbonyl (C=O) groups excluding carboxylic acids is 3. The molecule has 0 aliphatic carbocycles. The predicted molar refractivity (Wildman–Crippen MR) is 126 cm³/mol. The number of ether oxygens (including phenoxy) is 1. The normalized spacial score (nSPS) is 18.2. The van der Waals surface area contributed by atoms with E-state index in [0.717, 1.165) is 10.9 Å². The van der Waals surface area contributed by atoms with Crippen molar-refractivity contribution >= 4 is 28.5 Å². The highest BCUT2D eigenvalue weighted by Gasteiger charge is 2.33. The molecule has 1 aliphatic rings. The Morgan fingerprint density at radius 1 is 1.35 bits per heavy atom. The first-order chi connectivity index (χ1) is 16.2. The Hall–Kier alpha value is -3.38. The molecule has 4 N–H and O–H groups in total. The van der Waals surface area contributed by atoms with Gasteiger partial charge in [0.2, 0.25) is 11.8 Å². The van der Waals surface area contributed by atoms with Crippen molar-refractivity contribution in [2.24, 2.45) is 17.8 Å². The fourth-order valence-electron chi connectivity index (χ4n) is 4.48. The molecule has 1 unspecified atom stereocenters. The van der Waals surface area contributed by atoms with Crippen LogP contribution in [-0.4, -0.2) is 53.5 Å². The van der Waals surface area contributed by atoms with Crippen LogP contribution in [0.4, 0.5) is 0 Å². The number of H-pyrrole nitrogens is 1. The molecule has 1 fully saturated rings. The summed E-state index contributed by atoms with van der Waals surface area (Å²) in [4.78, 5) is 41.4. The van der Waals surface area contributed by atoms with E-state index in [1.807, 2.05) is 32.0 Å². The molecular weight excluding hydrogens is 436 g/mol. The summed E-state index contributed by atoms with van der Waals surface area (Å²) in [6, 6.07) is 8.07. The number of fused-ring (bicyclic) bond motifs is 1. The molecule has 0 saturated carbocycles. The van der Waals surface area contributed by atoms with E-state index in [2.05, 4.69) is 15.6 Å². The SMILES string of the molecule is COc1cccc2[nH]c(C(=O)C[C@@H](CC(C)C)C(=O)N[C@@H](C[C@@H]3CCNC3=O)C(O)C#N)cc12. The number of methoxy groups -OCH3 is 1. The Labute approximate surface area is 198 Å². The van der Waals surface area contributed by atoms with Gasteiger partial charge in [0, 0.05) is 35.7 Å². The van der Waals surface area contributed by atoms with Gasteiger partial charge >= 0.3 is 0 Å². The smallest absolute Gasteiger partial charge is 0.223 e. The maximum atomic E-state index is 13.2. The molecule has 3 rings (SSSR count). The minimum absolute atomic E-state index is 0.0293. The van der Waals surface area contributed by atoms with E-state index in [1.54, 1.807) is 19.2 Å². The van der Waals surface area contributed by atoms with E-state index >= 15 is 0 Å². The Morgan fingerprint density at radius 2 is 2.12 bits per heavy atom. The maximum Gasteiger partial charge on any atom is 0.223 e. The van der Waals surface area contributed by atoms with Crippen LogP contribution in [0.25, 0.3) is 10.9 Å². The zero-order valence-corrected chi connectivity index (χ0v) is 19.8. The third kappa shape index (κ3) is 5.94. The first-order valence-electron chi connectivity index (χ1n) is 11.6. The minimum Gasteiger partial charge on any atom is -0.496 e. The Kier molecular flexibility index (Phi) is 8.29. The van der Waals surface area contributed by atoms with E-state index < -0.39 is 24.0 Å². The number of aliphatic hydroxyl groups is 1. The van der Waals surface area contributed by atoms with Crippen LogP contribution in [-0.2, 0) is 9.59 Å². The van der Waals surface area contributed by atoms with Gasteiger partial charge < -0.3 is 25.5 Å². The summed E-state index contributed by atoms with van der Waals surface area (Å²) in [5, 5.41) is 25.7. The lowest BCUT2D eigenvalue weighted by Gasteiger charge is -2.25. The van der Waals surface area contributed by atoms with Crippen molar-refractivity contribution in [2.45, 2.75) is 51.7 Å².